The van der Waals surface area contributed by atoms with E-state index in [0.717, 1.165) is 23.7 Å². The Morgan fingerprint density at radius 2 is 1.79 bits per heavy atom. The summed E-state index contributed by atoms with van der Waals surface area (Å²) >= 11 is 0. The van der Waals surface area contributed by atoms with Crippen LogP contribution in [0.4, 0.5) is 0 Å². The highest BCUT2D eigenvalue weighted by Gasteiger charge is 2.29. The van der Waals surface area contributed by atoms with Crippen molar-refractivity contribution in [3.05, 3.63) is 34.9 Å². The molecule has 0 aromatic carbocycles. The van der Waals surface area contributed by atoms with Crippen LogP contribution < -0.4 is 0 Å². The minimum absolute atomic E-state index is 0.448. The van der Waals surface area contributed by atoms with E-state index < -0.39 is 0 Å². The molecule has 0 aromatic rings. The predicted octanol–water partition coefficient (Wildman–Crippen LogP) is 8.89. The molecule has 1 saturated carbocycles. The highest BCUT2D eigenvalue weighted by molar-refractivity contribution is 5.39. The minimum atomic E-state index is 0.448. The summed E-state index contributed by atoms with van der Waals surface area (Å²) in [7, 11) is 0. The zero-order chi connectivity index (χ0) is 20.3. The van der Waals surface area contributed by atoms with Crippen LogP contribution in [-0.2, 0) is 0 Å². The maximum Gasteiger partial charge on any atom is -0.00700 e. The van der Waals surface area contributed by atoms with Crippen LogP contribution in [0, 0.1) is 35.0 Å². The van der Waals surface area contributed by atoms with Crippen molar-refractivity contribution in [2.45, 2.75) is 106 Å². The van der Waals surface area contributed by atoms with Crippen LogP contribution in [0.15, 0.2) is 34.9 Å². The van der Waals surface area contributed by atoms with Gasteiger partial charge >= 0.3 is 0 Å². The number of allylic oxidation sites excluding steroid dienone is 6. The molecule has 0 nitrogen and oxygen atoms in total. The van der Waals surface area contributed by atoms with Crippen LogP contribution in [0.3, 0.4) is 0 Å². The largest absolute Gasteiger partial charge is 0.0850 e. The van der Waals surface area contributed by atoms with Crippen LogP contribution >= 0.6 is 0 Å². The van der Waals surface area contributed by atoms with Crippen molar-refractivity contribution >= 4 is 0 Å². The predicted molar refractivity (Wildman–Crippen MR) is 124 cm³/mol. The Morgan fingerprint density at radius 1 is 1.04 bits per heavy atom. The average Bonchev–Trinajstić information content (AvgIpc) is 2.94. The van der Waals surface area contributed by atoms with Crippen molar-refractivity contribution in [1.29, 1.82) is 0 Å². The van der Waals surface area contributed by atoms with E-state index in [1.807, 2.05) is 0 Å². The topological polar surface area (TPSA) is 0 Å². The molecule has 0 aromatic heterocycles. The SMILES string of the molecule is CC1=CC(C)C=C1C1CCCC(CC(C)CC2CC=C(CC(C)(C)C)CC2)C1. The molecular weight excluding hydrogens is 336 g/mol. The third-order valence-electron chi connectivity index (χ3n) is 7.48. The van der Waals surface area contributed by atoms with Gasteiger partial charge in [-0.15, -0.1) is 0 Å². The van der Waals surface area contributed by atoms with Gasteiger partial charge in [-0.05, 0) is 98.9 Å². The summed E-state index contributed by atoms with van der Waals surface area (Å²) in [5, 5.41) is 0. The number of rotatable bonds is 6. The first-order valence-electron chi connectivity index (χ1n) is 12.3. The molecule has 0 spiro atoms. The molecule has 28 heavy (non-hydrogen) atoms. The Balaban J connectivity index is 1.44. The molecule has 0 aliphatic heterocycles. The lowest BCUT2D eigenvalue weighted by Gasteiger charge is -2.33. The zero-order valence-corrected chi connectivity index (χ0v) is 19.7. The Kier molecular flexibility index (Phi) is 7.32. The van der Waals surface area contributed by atoms with Gasteiger partial charge in [0.1, 0.15) is 0 Å². The quantitative estimate of drug-likeness (QED) is 0.402. The Hall–Kier alpha value is -0.780. The second-order valence-electron chi connectivity index (χ2n) is 11.9. The molecule has 0 amide bonds. The highest BCUT2D eigenvalue weighted by atomic mass is 14.3. The molecule has 158 valence electrons. The standard InChI is InChI=1S/C28H46/c1-20-14-22(3)27(17-20)26-9-7-8-25(18-26)16-21(2)15-23-10-12-24(13-11-23)19-28(4,5)6/h12,14,17,20-21,23,25-26H,7-11,13,15-16,18-19H2,1-6H3. The van der Waals surface area contributed by atoms with E-state index in [-0.39, 0.29) is 0 Å². The lowest BCUT2D eigenvalue weighted by atomic mass is 9.72. The van der Waals surface area contributed by atoms with Crippen LogP contribution in [0.25, 0.3) is 0 Å². The summed E-state index contributed by atoms with van der Waals surface area (Å²) in [6.45, 7) is 14.3. The Morgan fingerprint density at radius 3 is 2.39 bits per heavy atom. The maximum atomic E-state index is 2.60. The molecule has 0 N–H and O–H groups in total. The van der Waals surface area contributed by atoms with Gasteiger partial charge in [-0.2, -0.15) is 0 Å². The van der Waals surface area contributed by atoms with E-state index >= 15 is 0 Å². The third-order valence-corrected chi connectivity index (χ3v) is 7.48. The molecule has 3 aliphatic rings. The monoisotopic (exact) mass is 382 g/mol. The second kappa shape index (κ2) is 9.36. The average molecular weight is 383 g/mol. The molecule has 1 fully saturated rings. The fourth-order valence-electron chi connectivity index (χ4n) is 6.43. The normalized spacial score (nSPS) is 32.6. The second-order valence-corrected chi connectivity index (χ2v) is 11.9. The minimum Gasteiger partial charge on any atom is -0.0850 e. The van der Waals surface area contributed by atoms with Crippen molar-refractivity contribution in [2.75, 3.05) is 0 Å². The van der Waals surface area contributed by atoms with E-state index in [4.69, 9.17) is 0 Å². The number of hydrogen-bond donors (Lipinski definition) is 0. The molecule has 3 rings (SSSR count). The Labute approximate surface area is 176 Å². The Bertz CT molecular complexity index is 608. The van der Waals surface area contributed by atoms with Crippen LogP contribution in [0.1, 0.15) is 106 Å². The molecule has 0 saturated heterocycles. The first-order chi connectivity index (χ1) is 13.2. The summed E-state index contributed by atoms with van der Waals surface area (Å²) in [6.07, 6.45) is 21.8. The van der Waals surface area contributed by atoms with E-state index in [9.17, 15) is 0 Å². The van der Waals surface area contributed by atoms with Crippen LogP contribution in [-0.4, -0.2) is 0 Å². The third kappa shape index (κ3) is 6.36. The molecule has 0 heteroatoms. The molecule has 0 radical (unpaired) electrons. The molecular formula is C28H46. The van der Waals surface area contributed by atoms with Crippen molar-refractivity contribution in [1.82, 2.24) is 0 Å². The molecule has 0 bridgehead atoms. The van der Waals surface area contributed by atoms with Gasteiger partial charge < -0.3 is 0 Å². The lowest BCUT2D eigenvalue weighted by Crippen LogP contribution is -2.20. The van der Waals surface area contributed by atoms with Gasteiger partial charge in [0.05, 0.1) is 0 Å². The van der Waals surface area contributed by atoms with Crippen molar-refractivity contribution in [3.8, 4) is 0 Å². The first-order valence-corrected chi connectivity index (χ1v) is 12.3. The number of hydrogen-bond acceptors (Lipinski definition) is 0. The first kappa shape index (κ1) is 21.9. The van der Waals surface area contributed by atoms with Crippen molar-refractivity contribution in [3.63, 3.8) is 0 Å². The summed E-state index contributed by atoms with van der Waals surface area (Å²) in [5.41, 5.74) is 5.46. The van der Waals surface area contributed by atoms with Gasteiger partial charge in [0.25, 0.3) is 0 Å². The van der Waals surface area contributed by atoms with Gasteiger partial charge in [0.15, 0.2) is 0 Å². The summed E-state index contributed by atoms with van der Waals surface area (Å²) in [5.74, 6) is 4.33. The molecule has 5 atom stereocenters. The van der Waals surface area contributed by atoms with Gasteiger partial charge in [-0.1, -0.05) is 76.8 Å². The fraction of sp³-hybridized carbons (Fsp3) is 0.786. The maximum absolute atomic E-state index is 2.60. The lowest BCUT2D eigenvalue weighted by molar-refractivity contribution is 0.232. The summed E-state index contributed by atoms with van der Waals surface area (Å²) < 4.78 is 0. The molecule has 3 aliphatic carbocycles. The van der Waals surface area contributed by atoms with E-state index in [1.165, 1.54) is 64.2 Å². The van der Waals surface area contributed by atoms with Gasteiger partial charge in [-0.3, -0.25) is 0 Å². The zero-order valence-electron chi connectivity index (χ0n) is 19.7. The van der Waals surface area contributed by atoms with Crippen molar-refractivity contribution < 1.29 is 0 Å². The summed E-state index contributed by atoms with van der Waals surface area (Å²) in [6, 6.07) is 0. The van der Waals surface area contributed by atoms with E-state index in [0.29, 0.717) is 11.3 Å². The van der Waals surface area contributed by atoms with Crippen LogP contribution in [0.5, 0.6) is 0 Å². The fourth-order valence-corrected chi connectivity index (χ4v) is 6.43. The van der Waals surface area contributed by atoms with Gasteiger partial charge in [0, 0.05) is 0 Å². The smallest absolute Gasteiger partial charge is 0.00700 e. The van der Waals surface area contributed by atoms with E-state index in [1.54, 1.807) is 16.7 Å². The van der Waals surface area contributed by atoms with E-state index in [2.05, 4.69) is 59.8 Å². The molecule has 5 unspecified atom stereocenters. The highest BCUT2D eigenvalue weighted by Crippen LogP contribution is 2.42. The van der Waals surface area contributed by atoms with Gasteiger partial charge in [0.2, 0.25) is 0 Å². The summed E-state index contributed by atoms with van der Waals surface area (Å²) in [4.78, 5) is 0. The van der Waals surface area contributed by atoms with Crippen molar-refractivity contribution in [2.24, 2.45) is 35.0 Å². The molecule has 0 heterocycles. The van der Waals surface area contributed by atoms with Gasteiger partial charge in [-0.25, -0.2) is 0 Å². The van der Waals surface area contributed by atoms with Crippen LogP contribution in [0.2, 0.25) is 0 Å².